The zero-order valence-corrected chi connectivity index (χ0v) is 14.0. The summed E-state index contributed by atoms with van der Waals surface area (Å²) in [6.07, 6.45) is -0.900. The van der Waals surface area contributed by atoms with Crippen LogP contribution in [0.5, 0.6) is 0 Å². The Labute approximate surface area is 135 Å². The van der Waals surface area contributed by atoms with Crippen LogP contribution in [0.15, 0.2) is 24.3 Å². The molecular weight excluding hydrogens is 294 g/mol. The summed E-state index contributed by atoms with van der Waals surface area (Å²) in [4.78, 5) is 24.3. The third-order valence-electron chi connectivity index (χ3n) is 3.70. The van der Waals surface area contributed by atoms with E-state index in [0.717, 1.165) is 17.0 Å². The molecule has 0 saturated carbocycles. The Morgan fingerprint density at radius 1 is 1.17 bits per heavy atom. The van der Waals surface area contributed by atoms with Crippen LogP contribution in [0.25, 0.3) is 0 Å². The lowest BCUT2D eigenvalue weighted by atomic mass is 10.1. The average molecular weight is 315 g/mol. The number of ether oxygens (including phenoxy) is 1. The van der Waals surface area contributed by atoms with Gasteiger partial charge in [-0.15, -0.1) is 0 Å². The van der Waals surface area contributed by atoms with Crippen LogP contribution in [0.4, 0.5) is 5.69 Å². The first-order valence-electron chi connectivity index (χ1n) is 7.38. The van der Waals surface area contributed by atoms with Gasteiger partial charge >= 0.3 is 5.97 Å². The van der Waals surface area contributed by atoms with Gasteiger partial charge in [0.2, 0.25) is 0 Å². The standard InChI is InChI=1S/C17H21N3O3/c1-10-6-8-14(9-7-10)17(22)23-13(4)16(21)18-15-11(2)19-20(5)12(15)3/h6-9,13H,1-5H3,(H,18,21)/t13-/m1/s1. The van der Waals surface area contributed by atoms with E-state index in [0.29, 0.717) is 11.3 Å². The van der Waals surface area contributed by atoms with Gasteiger partial charge in [0, 0.05) is 7.05 Å². The lowest BCUT2D eigenvalue weighted by Gasteiger charge is -2.14. The fourth-order valence-electron chi connectivity index (χ4n) is 2.15. The molecule has 23 heavy (non-hydrogen) atoms. The Balaban J connectivity index is 2.02. The van der Waals surface area contributed by atoms with Crippen molar-refractivity contribution in [2.75, 3.05) is 5.32 Å². The second-order valence-electron chi connectivity index (χ2n) is 5.57. The fraction of sp³-hybridized carbons (Fsp3) is 0.353. The summed E-state index contributed by atoms with van der Waals surface area (Å²) >= 11 is 0. The molecule has 1 heterocycles. The van der Waals surface area contributed by atoms with Crippen molar-refractivity contribution in [2.45, 2.75) is 33.8 Å². The van der Waals surface area contributed by atoms with Crippen molar-refractivity contribution < 1.29 is 14.3 Å². The zero-order chi connectivity index (χ0) is 17.1. The third-order valence-corrected chi connectivity index (χ3v) is 3.70. The number of hydrogen-bond acceptors (Lipinski definition) is 4. The van der Waals surface area contributed by atoms with Crippen LogP contribution in [0.1, 0.15) is 34.2 Å². The Bertz CT molecular complexity index is 732. The van der Waals surface area contributed by atoms with E-state index in [2.05, 4.69) is 10.4 Å². The number of carbonyl (C=O) groups is 2. The smallest absolute Gasteiger partial charge is 0.338 e. The van der Waals surface area contributed by atoms with E-state index in [1.807, 2.05) is 32.9 Å². The van der Waals surface area contributed by atoms with Crippen LogP contribution in [0.3, 0.4) is 0 Å². The Hall–Kier alpha value is -2.63. The number of amides is 1. The fourth-order valence-corrected chi connectivity index (χ4v) is 2.15. The SMILES string of the molecule is Cc1ccc(C(=O)O[C@H](C)C(=O)Nc2c(C)nn(C)c2C)cc1. The maximum Gasteiger partial charge on any atom is 0.338 e. The van der Waals surface area contributed by atoms with Crippen LogP contribution in [-0.2, 0) is 16.6 Å². The van der Waals surface area contributed by atoms with Crippen molar-refractivity contribution >= 4 is 17.6 Å². The van der Waals surface area contributed by atoms with E-state index in [-0.39, 0.29) is 5.91 Å². The normalized spacial score (nSPS) is 11.9. The quantitative estimate of drug-likeness (QED) is 0.880. The molecule has 0 unspecified atom stereocenters. The monoisotopic (exact) mass is 315 g/mol. The highest BCUT2D eigenvalue weighted by atomic mass is 16.5. The lowest BCUT2D eigenvalue weighted by Crippen LogP contribution is -2.30. The summed E-state index contributed by atoms with van der Waals surface area (Å²) in [6, 6.07) is 7.00. The molecule has 2 rings (SSSR count). The van der Waals surface area contributed by atoms with Gasteiger partial charge in [0.25, 0.3) is 5.91 Å². The molecule has 0 aliphatic carbocycles. The van der Waals surface area contributed by atoms with Gasteiger partial charge < -0.3 is 10.1 Å². The third kappa shape index (κ3) is 3.77. The molecule has 0 spiro atoms. The van der Waals surface area contributed by atoms with Crippen LogP contribution in [0, 0.1) is 20.8 Å². The minimum atomic E-state index is -0.900. The maximum absolute atomic E-state index is 12.2. The van der Waals surface area contributed by atoms with Gasteiger partial charge in [-0.1, -0.05) is 17.7 Å². The number of rotatable bonds is 4. The van der Waals surface area contributed by atoms with Crippen molar-refractivity contribution in [1.82, 2.24) is 9.78 Å². The first-order chi connectivity index (χ1) is 10.8. The van der Waals surface area contributed by atoms with Gasteiger partial charge in [0.1, 0.15) is 0 Å². The maximum atomic E-state index is 12.2. The predicted octanol–water partition coefficient (Wildman–Crippen LogP) is 2.53. The molecule has 122 valence electrons. The molecule has 2 aromatic rings. The highest BCUT2D eigenvalue weighted by Crippen LogP contribution is 2.19. The van der Waals surface area contributed by atoms with Crippen molar-refractivity contribution in [2.24, 2.45) is 7.05 Å². The molecule has 1 N–H and O–H groups in total. The molecule has 0 radical (unpaired) electrons. The number of nitrogens with zero attached hydrogens (tertiary/aromatic N) is 2. The number of nitrogens with one attached hydrogen (secondary N) is 1. The zero-order valence-electron chi connectivity index (χ0n) is 14.0. The van der Waals surface area contributed by atoms with Crippen LogP contribution in [-0.4, -0.2) is 27.8 Å². The molecule has 0 saturated heterocycles. The molecule has 0 fully saturated rings. The highest BCUT2D eigenvalue weighted by Gasteiger charge is 2.21. The molecule has 6 nitrogen and oxygen atoms in total. The average Bonchev–Trinajstić information content (AvgIpc) is 2.74. The second kappa shape index (κ2) is 6.64. The predicted molar refractivity (Wildman–Crippen MR) is 87.4 cm³/mol. The topological polar surface area (TPSA) is 73.2 Å². The number of esters is 1. The van der Waals surface area contributed by atoms with E-state index >= 15 is 0 Å². The van der Waals surface area contributed by atoms with Crippen LogP contribution >= 0.6 is 0 Å². The molecule has 1 atom stereocenters. The van der Waals surface area contributed by atoms with Crippen molar-refractivity contribution in [3.8, 4) is 0 Å². The Morgan fingerprint density at radius 3 is 2.30 bits per heavy atom. The first-order valence-corrected chi connectivity index (χ1v) is 7.38. The van der Waals surface area contributed by atoms with Crippen LogP contribution < -0.4 is 5.32 Å². The van der Waals surface area contributed by atoms with Gasteiger partial charge in [-0.2, -0.15) is 5.10 Å². The van der Waals surface area contributed by atoms with E-state index in [4.69, 9.17) is 4.74 Å². The Kier molecular flexibility index (Phi) is 4.83. The number of anilines is 1. The summed E-state index contributed by atoms with van der Waals surface area (Å²) in [5.41, 5.74) is 3.68. The summed E-state index contributed by atoms with van der Waals surface area (Å²) in [6.45, 7) is 7.15. The molecular formula is C17H21N3O3. The molecule has 1 aromatic heterocycles. The number of carbonyl (C=O) groups excluding carboxylic acids is 2. The van der Waals surface area contributed by atoms with Crippen molar-refractivity contribution in [1.29, 1.82) is 0 Å². The highest BCUT2D eigenvalue weighted by molar-refractivity contribution is 5.98. The molecule has 0 aliphatic rings. The summed E-state index contributed by atoms with van der Waals surface area (Å²) in [5, 5.41) is 7.00. The molecule has 1 aromatic carbocycles. The first kappa shape index (κ1) is 16.7. The number of aryl methyl sites for hydroxylation is 3. The van der Waals surface area contributed by atoms with Gasteiger partial charge in [0.05, 0.1) is 22.6 Å². The minimum absolute atomic E-state index is 0.385. The number of aromatic nitrogens is 2. The molecule has 0 aliphatic heterocycles. The summed E-state index contributed by atoms with van der Waals surface area (Å²) in [7, 11) is 1.80. The number of hydrogen-bond donors (Lipinski definition) is 1. The number of benzene rings is 1. The molecule has 1 amide bonds. The van der Waals surface area contributed by atoms with Crippen molar-refractivity contribution in [3.05, 3.63) is 46.8 Å². The van der Waals surface area contributed by atoms with Crippen LogP contribution in [0.2, 0.25) is 0 Å². The van der Waals surface area contributed by atoms with Crippen molar-refractivity contribution in [3.63, 3.8) is 0 Å². The molecule has 6 heteroatoms. The van der Waals surface area contributed by atoms with E-state index in [1.165, 1.54) is 0 Å². The van der Waals surface area contributed by atoms with E-state index in [9.17, 15) is 9.59 Å². The summed E-state index contributed by atoms with van der Waals surface area (Å²) in [5.74, 6) is -0.906. The lowest BCUT2D eigenvalue weighted by molar-refractivity contribution is -0.123. The minimum Gasteiger partial charge on any atom is -0.449 e. The van der Waals surface area contributed by atoms with Gasteiger partial charge in [0.15, 0.2) is 6.10 Å². The van der Waals surface area contributed by atoms with Gasteiger partial charge in [-0.25, -0.2) is 4.79 Å². The van der Waals surface area contributed by atoms with Gasteiger partial charge in [-0.3, -0.25) is 9.48 Å². The van der Waals surface area contributed by atoms with E-state index in [1.54, 1.807) is 30.8 Å². The summed E-state index contributed by atoms with van der Waals surface area (Å²) < 4.78 is 6.91. The molecule has 0 bridgehead atoms. The van der Waals surface area contributed by atoms with Gasteiger partial charge in [-0.05, 0) is 39.8 Å². The largest absolute Gasteiger partial charge is 0.449 e. The van der Waals surface area contributed by atoms with E-state index < -0.39 is 12.1 Å². The Morgan fingerprint density at radius 2 is 1.78 bits per heavy atom. The second-order valence-corrected chi connectivity index (χ2v) is 5.57.